The van der Waals surface area contributed by atoms with Crippen molar-refractivity contribution in [3.05, 3.63) is 0 Å². The Kier molecular flexibility index (Phi) is 4.94. The fourth-order valence-electron chi connectivity index (χ4n) is 2.77. The summed E-state index contributed by atoms with van der Waals surface area (Å²) in [5.74, 6) is 6.91. The van der Waals surface area contributed by atoms with Crippen molar-refractivity contribution in [3.63, 3.8) is 0 Å². The highest BCUT2D eigenvalue weighted by Gasteiger charge is 2.26. The maximum Gasteiger partial charge on any atom is 0.324 e. The van der Waals surface area contributed by atoms with Crippen molar-refractivity contribution in [2.45, 2.75) is 46.1 Å². The minimum absolute atomic E-state index is 0.135. The summed E-state index contributed by atoms with van der Waals surface area (Å²) >= 11 is 0. The number of rotatable bonds is 5. The van der Waals surface area contributed by atoms with Crippen molar-refractivity contribution < 1.29 is 9.47 Å². The van der Waals surface area contributed by atoms with E-state index in [9.17, 15) is 0 Å². The number of nitrogens with zero attached hydrogens (tertiary/aromatic N) is 3. The average molecular weight is 281 g/mol. The highest BCUT2D eigenvalue weighted by molar-refractivity contribution is 5.25. The molecule has 7 heteroatoms. The number of nitrogens with two attached hydrogens (primary N) is 1. The van der Waals surface area contributed by atoms with E-state index in [1.807, 2.05) is 6.92 Å². The minimum atomic E-state index is 0.135. The predicted molar refractivity (Wildman–Crippen MR) is 75.4 cm³/mol. The molecule has 1 aromatic rings. The van der Waals surface area contributed by atoms with Crippen LogP contribution in [0.5, 0.6) is 12.0 Å². The van der Waals surface area contributed by atoms with E-state index < -0.39 is 0 Å². The molecule has 1 aliphatic carbocycles. The highest BCUT2D eigenvalue weighted by Crippen LogP contribution is 2.30. The molecule has 2 rings (SSSR count). The topological polar surface area (TPSA) is 95.2 Å². The largest absolute Gasteiger partial charge is 0.464 e. The number of hydrazine groups is 1. The number of hydrogen-bond donors (Lipinski definition) is 2. The lowest BCUT2D eigenvalue weighted by Gasteiger charge is -2.30. The molecule has 0 spiro atoms. The Bertz CT molecular complexity index is 433. The molecule has 1 fully saturated rings. The summed E-state index contributed by atoms with van der Waals surface area (Å²) in [5.41, 5.74) is 2.40. The number of aromatic nitrogens is 3. The molecule has 0 aromatic carbocycles. The predicted octanol–water partition coefficient (Wildman–Crippen LogP) is 1.76. The second-order valence-corrected chi connectivity index (χ2v) is 5.46. The van der Waals surface area contributed by atoms with Crippen LogP contribution in [-0.4, -0.2) is 27.7 Å². The van der Waals surface area contributed by atoms with Gasteiger partial charge in [0.25, 0.3) is 0 Å². The normalized spacial score (nSPS) is 26.1. The molecule has 0 radical (unpaired) electrons. The first-order valence-electron chi connectivity index (χ1n) is 7.12. The van der Waals surface area contributed by atoms with Gasteiger partial charge in [0, 0.05) is 0 Å². The van der Waals surface area contributed by atoms with Gasteiger partial charge in [-0.1, -0.05) is 13.8 Å². The Morgan fingerprint density at radius 2 is 1.75 bits per heavy atom. The minimum Gasteiger partial charge on any atom is -0.464 e. The number of anilines is 1. The van der Waals surface area contributed by atoms with Gasteiger partial charge in [-0.3, -0.25) is 5.43 Å². The Hall–Kier alpha value is -1.63. The summed E-state index contributed by atoms with van der Waals surface area (Å²) in [5, 5.41) is 0. The standard InChI is InChI=1S/C13H23N5O2/c1-4-19-12-15-11(18-14)16-13(17-12)20-10-6-8(2)5-9(3)7-10/h8-10H,4-7,14H2,1-3H3,(H,15,16,17,18). The molecule has 112 valence electrons. The van der Waals surface area contributed by atoms with E-state index in [-0.39, 0.29) is 24.1 Å². The summed E-state index contributed by atoms with van der Waals surface area (Å²) in [6.45, 7) is 6.84. The smallest absolute Gasteiger partial charge is 0.324 e. The molecule has 0 saturated heterocycles. The molecule has 1 saturated carbocycles. The Labute approximate surface area is 119 Å². The van der Waals surface area contributed by atoms with Crippen LogP contribution < -0.4 is 20.7 Å². The first-order chi connectivity index (χ1) is 9.60. The van der Waals surface area contributed by atoms with Gasteiger partial charge >= 0.3 is 12.0 Å². The van der Waals surface area contributed by atoms with Crippen molar-refractivity contribution in [3.8, 4) is 12.0 Å². The molecule has 1 heterocycles. The fourth-order valence-corrected chi connectivity index (χ4v) is 2.77. The Morgan fingerprint density at radius 3 is 2.35 bits per heavy atom. The van der Waals surface area contributed by atoms with E-state index in [1.165, 1.54) is 6.42 Å². The van der Waals surface area contributed by atoms with Crippen molar-refractivity contribution in [1.29, 1.82) is 0 Å². The third-order valence-corrected chi connectivity index (χ3v) is 3.40. The highest BCUT2D eigenvalue weighted by atomic mass is 16.5. The molecule has 3 N–H and O–H groups in total. The summed E-state index contributed by atoms with van der Waals surface area (Å²) in [6, 6.07) is 0.491. The molecule has 0 bridgehead atoms. The van der Waals surface area contributed by atoms with Crippen LogP contribution in [-0.2, 0) is 0 Å². The van der Waals surface area contributed by atoms with Crippen LogP contribution in [0.2, 0.25) is 0 Å². The van der Waals surface area contributed by atoms with Gasteiger partial charge in [0.15, 0.2) is 0 Å². The number of ether oxygens (including phenoxy) is 2. The van der Waals surface area contributed by atoms with E-state index >= 15 is 0 Å². The third kappa shape index (κ3) is 3.93. The van der Waals surface area contributed by atoms with Crippen molar-refractivity contribution in [2.75, 3.05) is 12.0 Å². The summed E-state index contributed by atoms with van der Waals surface area (Å²) < 4.78 is 11.2. The van der Waals surface area contributed by atoms with E-state index in [2.05, 4.69) is 34.2 Å². The Morgan fingerprint density at radius 1 is 1.10 bits per heavy atom. The lowest BCUT2D eigenvalue weighted by atomic mass is 9.82. The molecule has 7 nitrogen and oxygen atoms in total. The molecule has 2 atom stereocenters. The average Bonchev–Trinajstić information content (AvgIpc) is 2.37. The quantitative estimate of drug-likeness (QED) is 0.627. The van der Waals surface area contributed by atoms with Crippen molar-refractivity contribution in [1.82, 2.24) is 15.0 Å². The SMILES string of the molecule is CCOc1nc(NN)nc(OC2CC(C)CC(C)C2)n1. The molecule has 1 aliphatic rings. The van der Waals surface area contributed by atoms with Crippen LogP contribution in [0.15, 0.2) is 0 Å². The van der Waals surface area contributed by atoms with Crippen LogP contribution in [0.25, 0.3) is 0 Å². The summed E-state index contributed by atoms with van der Waals surface area (Å²) in [7, 11) is 0. The second kappa shape index (κ2) is 6.69. The maximum absolute atomic E-state index is 5.89. The van der Waals surface area contributed by atoms with Gasteiger partial charge in [0.05, 0.1) is 6.61 Å². The lowest BCUT2D eigenvalue weighted by molar-refractivity contribution is 0.0908. The zero-order valence-electron chi connectivity index (χ0n) is 12.3. The van der Waals surface area contributed by atoms with Crippen LogP contribution in [0, 0.1) is 11.8 Å². The first kappa shape index (κ1) is 14.8. The van der Waals surface area contributed by atoms with E-state index in [0.29, 0.717) is 18.4 Å². The maximum atomic E-state index is 5.89. The van der Waals surface area contributed by atoms with Gasteiger partial charge in [-0.25, -0.2) is 5.84 Å². The van der Waals surface area contributed by atoms with Gasteiger partial charge < -0.3 is 9.47 Å². The molecular formula is C13H23N5O2. The van der Waals surface area contributed by atoms with Crippen LogP contribution in [0.4, 0.5) is 5.95 Å². The van der Waals surface area contributed by atoms with Crippen molar-refractivity contribution in [2.24, 2.45) is 17.7 Å². The van der Waals surface area contributed by atoms with Gasteiger partial charge in [0.1, 0.15) is 6.10 Å². The lowest BCUT2D eigenvalue weighted by Crippen LogP contribution is -2.29. The van der Waals surface area contributed by atoms with E-state index in [0.717, 1.165) is 12.8 Å². The van der Waals surface area contributed by atoms with Crippen LogP contribution in [0.3, 0.4) is 0 Å². The zero-order chi connectivity index (χ0) is 14.5. The Balaban J connectivity index is 2.09. The molecule has 0 amide bonds. The zero-order valence-corrected chi connectivity index (χ0v) is 12.3. The second-order valence-electron chi connectivity index (χ2n) is 5.46. The summed E-state index contributed by atoms with van der Waals surface area (Å²) in [4.78, 5) is 12.3. The van der Waals surface area contributed by atoms with E-state index in [4.69, 9.17) is 15.3 Å². The number of nitrogens with one attached hydrogen (secondary N) is 1. The van der Waals surface area contributed by atoms with Crippen molar-refractivity contribution >= 4 is 5.95 Å². The fraction of sp³-hybridized carbons (Fsp3) is 0.769. The van der Waals surface area contributed by atoms with Gasteiger partial charge in [-0.2, -0.15) is 9.97 Å². The molecular weight excluding hydrogens is 258 g/mol. The number of nitrogen functional groups attached to an aromatic ring is 1. The molecule has 1 aromatic heterocycles. The van der Waals surface area contributed by atoms with E-state index in [1.54, 1.807) is 0 Å². The van der Waals surface area contributed by atoms with Gasteiger partial charge in [-0.15, -0.1) is 4.98 Å². The van der Waals surface area contributed by atoms with Crippen LogP contribution >= 0.6 is 0 Å². The molecule has 20 heavy (non-hydrogen) atoms. The monoisotopic (exact) mass is 281 g/mol. The molecule has 2 unspecified atom stereocenters. The third-order valence-electron chi connectivity index (χ3n) is 3.40. The first-order valence-corrected chi connectivity index (χ1v) is 7.12. The van der Waals surface area contributed by atoms with Gasteiger partial charge in [-0.05, 0) is 38.0 Å². The number of hydrogen-bond acceptors (Lipinski definition) is 7. The van der Waals surface area contributed by atoms with Gasteiger partial charge in [0.2, 0.25) is 5.95 Å². The van der Waals surface area contributed by atoms with Crippen LogP contribution in [0.1, 0.15) is 40.0 Å². The summed E-state index contributed by atoms with van der Waals surface area (Å²) in [6.07, 6.45) is 3.42. The molecule has 0 aliphatic heterocycles.